The van der Waals surface area contributed by atoms with E-state index >= 15 is 0 Å². The van der Waals surface area contributed by atoms with Crippen LogP contribution in [0, 0.1) is 5.92 Å². The molecule has 0 radical (unpaired) electrons. The summed E-state index contributed by atoms with van der Waals surface area (Å²) >= 11 is 0. The molecule has 3 rings (SSSR count). The van der Waals surface area contributed by atoms with Crippen LogP contribution in [0.3, 0.4) is 0 Å². The van der Waals surface area contributed by atoms with Crippen molar-refractivity contribution in [1.82, 2.24) is 9.97 Å². The lowest BCUT2D eigenvalue weighted by molar-refractivity contribution is 0.0573. The third-order valence-electron chi connectivity index (χ3n) is 4.54. The topological polar surface area (TPSA) is 100 Å². The zero-order chi connectivity index (χ0) is 24.9. The Labute approximate surface area is 196 Å². The average Bonchev–Trinajstić information content (AvgIpc) is 3.59. The summed E-state index contributed by atoms with van der Waals surface area (Å²) in [5.41, 5.74) is -0.612. The molecule has 9 nitrogen and oxygen atoms in total. The number of nitrogens with zero attached hydrogens (tertiary/aromatic N) is 3. The molecule has 0 N–H and O–H groups in total. The van der Waals surface area contributed by atoms with Gasteiger partial charge in [-0.25, -0.2) is 28.3 Å². The number of hydrogen-bond donors (Lipinski definition) is 0. The maximum absolute atomic E-state index is 12.7. The van der Waals surface area contributed by atoms with Crippen LogP contribution in [0.5, 0.6) is 17.4 Å². The second-order valence-corrected chi connectivity index (χ2v) is 8.74. The van der Waals surface area contributed by atoms with Gasteiger partial charge in [-0.05, 0) is 51.7 Å². The van der Waals surface area contributed by atoms with Crippen LogP contribution in [-0.4, -0.2) is 54.3 Å². The van der Waals surface area contributed by atoms with Crippen molar-refractivity contribution in [1.29, 1.82) is 0 Å². The molecule has 0 bridgehead atoms. The fraction of sp³-hybridized carbons (Fsp3) is 0.478. The van der Waals surface area contributed by atoms with Gasteiger partial charge in [0.25, 0.3) is 6.43 Å². The molecule has 0 aliphatic heterocycles. The molecule has 1 aliphatic carbocycles. The fourth-order valence-corrected chi connectivity index (χ4v) is 2.87. The predicted molar refractivity (Wildman–Crippen MR) is 118 cm³/mol. The minimum atomic E-state index is -2.69. The van der Waals surface area contributed by atoms with Crippen molar-refractivity contribution in [3.63, 3.8) is 0 Å². The van der Waals surface area contributed by atoms with E-state index < -0.39 is 30.7 Å². The van der Waals surface area contributed by atoms with Crippen LogP contribution in [0.15, 0.2) is 30.6 Å². The summed E-state index contributed by atoms with van der Waals surface area (Å²) in [7, 11) is 1.19. The molecule has 0 spiro atoms. The minimum Gasteiger partial charge on any atom is -0.487 e. The van der Waals surface area contributed by atoms with Gasteiger partial charge < -0.3 is 18.9 Å². The summed E-state index contributed by atoms with van der Waals surface area (Å²) in [6, 6.07) is 3.97. The molecular formula is C23H27F2N3O6. The monoisotopic (exact) mass is 479 g/mol. The molecule has 1 saturated carbocycles. The molecule has 0 unspecified atom stereocenters. The van der Waals surface area contributed by atoms with Crippen LogP contribution in [0.1, 0.15) is 44.0 Å². The number of hydrogen-bond acceptors (Lipinski definition) is 8. The molecule has 1 aromatic carbocycles. The number of carbonyl (C=O) groups excluding carboxylic acids is 2. The highest BCUT2D eigenvalue weighted by Gasteiger charge is 2.31. The first kappa shape index (κ1) is 25.1. The van der Waals surface area contributed by atoms with Crippen LogP contribution < -0.4 is 14.4 Å². The Hall–Kier alpha value is -3.50. The molecule has 1 heterocycles. The van der Waals surface area contributed by atoms with Gasteiger partial charge >= 0.3 is 12.1 Å². The zero-order valence-electron chi connectivity index (χ0n) is 19.4. The number of amides is 1. The number of halogens is 2. The average molecular weight is 479 g/mol. The summed E-state index contributed by atoms with van der Waals surface area (Å²) in [6.45, 7) is 4.97. The zero-order valence-corrected chi connectivity index (χ0v) is 19.4. The highest BCUT2D eigenvalue weighted by molar-refractivity contribution is 5.90. The van der Waals surface area contributed by atoms with Crippen molar-refractivity contribution in [2.75, 3.05) is 25.2 Å². The van der Waals surface area contributed by atoms with Gasteiger partial charge in [0.15, 0.2) is 5.82 Å². The molecule has 0 atom stereocenters. The van der Waals surface area contributed by atoms with E-state index in [4.69, 9.17) is 14.2 Å². The van der Waals surface area contributed by atoms with Crippen LogP contribution in [0.2, 0.25) is 0 Å². The molecule has 184 valence electrons. The van der Waals surface area contributed by atoms with Gasteiger partial charge in [-0.15, -0.1) is 0 Å². The van der Waals surface area contributed by atoms with E-state index in [1.54, 1.807) is 20.8 Å². The van der Waals surface area contributed by atoms with Crippen molar-refractivity contribution in [3.8, 4) is 17.4 Å². The van der Waals surface area contributed by atoms with Gasteiger partial charge in [0.05, 0.1) is 25.1 Å². The number of benzene rings is 1. The predicted octanol–water partition coefficient (Wildman–Crippen LogP) is 4.85. The standard InChI is InChI=1S/C23H27F2N3O6/c1-23(2,3)34-22(30)28(12-14-5-6-14)19-10-27-20(11-26-19)33-17-8-15(21(29)31-4)7-16(9-17)32-13-18(24)25/h7-11,14,18H,5-6,12-13H2,1-4H3. The first-order valence-electron chi connectivity index (χ1n) is 10.7. The highest BCUT2D eigenvalue weighted by atomic mass is 19.3. The van der Waals surface area contributed by atoms with E-state index in [1.807, 2.05) is 0 Å². The first-order chi connectivity index (χ1) is 16.0. The van der Waals surface area contributed by atoms with Gasteiger partial charge in [0.1, 0.15) is 23.7 Å². The number of carbonyl (C=O) groups is 2. The van der Waals surface area contributed by atoms with E-state index in [0.717, 1.165) is 12.8 Å². The smallest absolute Gasteiger partial charge is 0.416 e. The van der Waals surface area contributed by atoms with Crippen LogP contribution in [-0.2, 0) is 9.47 Å². The van der Waals surface area contributed by atoms with E-state index in [-0.39, 0.29) is 22.9 Å². The van der Waals surface area contributed by atoms with Crippen molar-refractivity contribution in [3.05, 3.63) is 36.2 Å². The first-order valence-corrected chi connectivity index (χ1v) is 10.7. The number of rotatable bonds is 9. The Balaban J connectivity index is 1.78. The minimum absolute atomic E-state index is 0.00307. The summed E-state index contributed by atoms with van der Waals surface area (Å²) in [5, 5.41) is 0. The number of anilines is 1. The molecule has 1 fully saturated rings. The lowest BCUT2D eigenvalue weighted by atomic mass is 10.2. The van der Waals surface area contributed by atoms with Crippen molar-refractivity contribution in [2.45, 2.75) is 45.6 Å². The van der Waals surface area contributed by atoms with Crippen LogP contribution >= 0.6 is 0 Å². The molecule has 1 aromatic heterocycles. The highest BCUT2D eigenvalue weighted by Crippen LogP contribution is 2.32. The Morgan fingerprint density at radius 1 is 1.12 bits per heavy atom. The Kier molecular flexibility index (Phi) is 7.85. The summed E-state index contributed by atoms with van der Waals surface area (Å²) < 4.78 is 45.9. The molecule has 1 amide bonds. The maximum atomic E-state index is 12.7. The number of alkyl halides is 2. The second kappa shape index (κ2) is 10.6. The van der Waals surface area contributed by atoms with Crippen molar-refractivity contribution < 1.29 is 37.3 Å². The van der Waals surface area contributed by atoms with Gasteiger partial charge in [-0.3, -0.25) is 4.90 Å². The third kappa shape index (κ3) is 7.53. The number of ether oxygens (including phenoxy) is 4. The third-order valence-corrected chi connectivity index (χ3v) is 4.54. The molecule has 2 aromatic rings. The molecule has 11 heteroatoms. The van der Waals surface area contributed by atoms with E-state index in [2.05, 4.69) is 14.7 Å². The molecule has 0 saturated heterocycles. The van der Waals surface area contributed by atoms with Gasteiger partial charge in [-0.2, -0.15) is 0 Å². The number of aromatic nitrogens is 2. The van der Waals surface area contributed by atoms with Gasteiger partial charge in [0, 0.05) is 12.6 Å². The molecule has 1 aliphatic rings. The molecular weight excluding hydrogens is 452 g/mol. The Morgan fingerprint density at radius 2 is 1.82 bits per heavy atom. The normalized spacial score (nSPS) is 13.4. The summed E-state index contributed by atoms with van der Waals surface area (Å²) in [5.74, 6) is 0.165. The largest absolute Gasteiger partial charge is 0.487 e. The van der Waals surface area contributed by atoms with E-state index in [9.17, 15) is 18.4 Å². The fourth-order valence-electron chi connectivity index (χ4n) is 2.87. The Bertz CT molecular complexity index is 1010. The van der Waals surface area contributed by atoms with Crippen LogP contribution in [0.4, 0.5) is 19.4 Å². The SMILES string of the molecule is COC(=O)c1cc(OCC(F)F)cc(Oc2cnc(N(CC3CC3)C(=O)OC(C)(C)C)cn2)c1. The van der Waals surface area contributed by atoms with E-state index in [0.29, 0.717) is 18.3 Å². The summed E-state index contributed by atoms with van der Waals surface area (Å²) in [4.78, 5) is 34.5. The lowest BCUT2D eigenvalue weighted by Crippen LogP contribution is -2.38. The van der Waals surface area contributed by atoms with E-state index in [1.165, 1.54) is 42.6 Å². The van der Waals surface area contributed by atoms with Crippen molar-refractivity contribution >= 4 is 17.9 Å². The van der Waals surface area contributed by atoms with Crippen LogP contribution in [0.25, 0.3) is 0 Å². The summed E-state index contributed by atoms with van der Waals surface area (Å²) in [6.07, 6.45) is 1.53. The molecule has 34 heavy (non-hydrogen) atoms. The van der Waals surface area contributed by atoms with Crippen molar-refractivity contribution in [2.24, 2.45) is 5.92 Å². The van der Waals surface area contributed by atoms with Gasteiger partial charge in [-0.1, -0.05) is 0 Å². The Morgan fingerprint density at radius 3 is 2.38 bits per heavy atom. The maximum Gasteiger partial charge on any atom is 0.416 e. The van der Waals surface area contributed by atoms with Gasteiger partial charge in [0.2, 0.25) is 5.88 Å². The second-order valence-electron chi connectivity index (χ2n) is 8.74. The lowest BCUT2D eigenvalue weighted by Gasteiger charge is -2.26. The number of methoxy groups -OCH3 is 1. The number of esters is 1. The quantitative estimate of drug-likeness (QED) is 0.471.